The molecule has 100 valence electrons. The molecule has 0 bridgehead atoms. The highest BCUT2D eigenvalue weighted by molar-refractivity contribution is 7.15. The molecule has 2 heterocycles. The van der Waals surface area contributed by atoms with Gasteiger partial charge in [0.1, 0.15) is 0 Å². The van der Waals surface area contributed by atoms with Gasteiger partial charge in [0, 0.05) is 31.6 Å². The van der Waals surface area contributed by atoms with Gasteiger partial charge in [0.25, 0.3) is 0 Å². The summed E-state index contributed by atoms with van der Waals surface area (Å²) in [5.41, 5.74) is 6.95. The van der Waals surface area contributed by atoms with E-state index in [1.807, 2.05) is 0 Å². The van der Waals surface area contributed by atoms with Gasteiger partial charge in [-0.3, -0.25) is 4.40 Å². The van der Waals surface area contributed by atoms with Crippen molar-refractivity contribution in [2.24, 2.45) is 11.7 Å². The summed E-state index contributed by atoms with van der Waals surface area (Å²) in [7, 11) is 2.12. The third-order valence-electron chi connectivity index (χ3n) is 3.12. The number of hydrogen-bond acceptors (Lipinski definition) is 4. The zero-order valence-electron chi connectivity index (χ0n) is 11.4. The molecule has 0 radical (unpaired) electrons. The van der Waals surface area contributed by atoms with E-state index in [9.17, 15) is 0 Å². The van der Waals surface area contributed by atoms with Crippen LogP contribution < -0.4 is 10.6 Å². The van der Waals surface area contributed by atoms with Gasteiger partial charge in [0.05, 0.1) is 5.69 Å². The third kappa shape index (κ3) is 2.67. The lowest BCUT2D eigenvalue weighted by atomic mass is 10.1. The Bertz CT molecular complexity index is 500. The van der Waals surface area contributed by atoms with E-state index < -0.39 is 0 Å². The van der Waals surface area contributed by atoms with Crippen LogP contribution in [0.4, 0.5) is 5.82 Å². The summed E-state index contributed by atoms with van der Waals surface area (Å²) in [4.78, 5) is 8.04. The van der Waals surface area contributed by atoms with Gasteiger partial charge in [-0.05, 0) is 18.9 Å². The van der Waals surface area contributed by atoms with Gasteiger partial charge in [0.2, 0.25) is 0 Å². The van der Waals surface area contributed by atoms with Gasteiger partial charge >= 0.3 is 0 Å². The molecule has 4 nitrogen and oxygen atoms in total. The molecule has 2 aromatic rings. The lowest BCUT2D eigenvalue weighted by Gasteiger charge is -2.19. The maximum atomic E-state index is 5.71. The van der Waals surface area contributed by atoms with Crippen LogP contribution in [0.2, 0.25) is 0 Å². The lowest BCUT2D eigenvalue weighted by molar-refractivity contribution is 0.583. The van der Waals surface area contributed by atoms with Crippen molar-refractivity contribution in [3.05, 3.63) is 17.3 Å². The Balaban J connectivity index is 2.25. The number of thiazole rings is 1. The standard InChI is InChI=1S/C13H22N4S/c1-10(2)5-7-16(3)12-11(4-6-14)17-8-9-18-13(17)15-12/h8-10H,4-7,14H2,1-3H3. The summed E-state index contributed by atoms with van der Waals surface area (Å²) in [5.74, 6) is 1.81. The summed E-state index contributed by atoms with van der Waals surface area (Å²) >= 11 is 1.67. The van der Waals surface area contributed by atoms with Crippen molar-refractivity contribution in [1.29, 1.82) is 0 Å². The van der Waals surface area contributed by atoms with Crippen LogP contribution >= 0.6 is 11.3 Å². The molecule has 2 aromatic heterocycles. The monoisotopic (exact) mass is 266 g/mol. The van der Waals surface area contributed by atoms with Gasteiger partial charge in [-0.2, -0.15) is 0 Å². The molecule has 5 heteroatoms. The highest BCUT2D eigenvalue weighted by Crippen LogP contribution is 2.24. The van der Waals surface area contributed by atoms with Crippen molar-refractivity contribution >= 4 is 22.1 Å². The lowest BCUT2D eigenvalue weighted by Crippen LogP contribution is -2.22. The van der Waals surface area contributed by atoms with Crippen LogP contribution in [0.25, 0.3) is 4.96 Å². The molecule has 2 rings (SSSR count). The van der Waals surface area contributed by atoms with E-state index in [-0.39, 0.29) is 0 Å². The summed E-state index contributed by atoms with van der Waals surface area (Å²) < 4.78 is 2.17. The van der Waals surface area contributed by atoms with Crippen molar-refractivity contribution in [3.63, 3.8) is 0 Å². The van der Waals surface area contributed by atoms with Crippen LogP contribution in [0.15, 0.2) is 11.6 Å². The first kappa shape index (κ1) is 13.4. The minimum Gasteiger partial charge on any atom is -0.358 e. The SMILES string of the molecule is CC(C)CCN(C)c1nc2sccn2c1CCN. The average Bonchev–Trinajstić information content (AvgIpc) is 2.89. The molecule has 0 aromatic carbocycles. The molecule has 0 atom stereocenters. The van der Waals surface area contributed by atoms with E-state index in [1.54, 1.807) is 11.3 Å². The summed E-state index contributed by atoms with van der Waals surface area (Å²) in [6.45, 7) is 6.20. The van der Waals surface area contributed by atoms with Gasteiger partial charge in [0.15, 0.2) is 10.8 Å². The molecule has 0 aliphatic carbocycles. The Labute approximate surface area is 112 Å². The zero-order valence-corrected chi connectivity index (χ0v) is 12.2. The normalized spacial score (nSPS) is 11.6. The van der Waals surface area contributed by atoms with Crippen molar-refractivity contribution in [2.75, 3.05) is 25.0 Å². The van der Waals surface area contributed by atoms with Crippen LogP contribution in [0, 0.1) is 5.92 Å². The second-order valence-corrected chi connectivity index (χ2v) is 5.95. The largest absolute Gasteiger partial charge is 0.358 e. The summed E-state index contributed by atoms with van der Waals surface area (Å²) in [5, 5.41) is 2.07. The van der Waals surface area contributed by atoms with E-state index in [1.165, 1.54) is 12.1 Å². The number of imidazole rings is 1. The number of hydrogen-bond donors (Lipinski definition) is 1. The Morgan fingerprint density at radius 2 is 2.28 bits per heavy atom. The molecule has 0 saturated carbocycles. The van der Waals surface area contributed by atoms with Gasteiger partial charge in [-0.1, -0.05) is 13.8 Å². The van der Waals surface area contributed by atoms with E-state index in [0.717, 1.165) is 23.7 Å². The second kappa shape index (κ2) is 5.71. The van der Waals surface area contributed by atoms with Crippen LogP contribution in [0.1, 0.15) is 26.0 Å². The Hall–Kier alpha value is -1.07. The predicted octanol–water partition coefficient (Wildman–Crippen LogP) is 2.38. The molecular formula is C13H22N4S. The first-order chi connectivity index (χ1) is 8.63. The van der Waals surface area contributed by atoms with Crippen LogP contribution in [0.5, 0.6) is 0 Å². The number of nitrogens with two attached hydrogens (primary N) is 1. The van der Waals surface area contributed by atoms with Gasteiger partial charge in [-0.15, -0.1) is 11.3 Å². The minimum absolute atomic E-state index is 0.661. The van der Waals surface area contributed by atoms with Crippen LogP contribution in [-0.4, -0.2) is 29.5 Å². The fourth-order valence-corrected chi connectivity index (χ4v) is 2.78. The zero-order chi connectivity index (χ0) is 13.1. The topological polar surface area (TPSA) is 46.6 Å². The minimum atomic E-state index is 0.661. The third-order valence-corrected chi connectivity index (χ3v) is 3.88. The number of fused-ring (bicyclic) bond motifs is 1. The predicted molar refractivity (Wildman–Crippen MR) is 78.6 cm³/mol. The van der Waals surface area contributed by atoms with Crippen molar-refractivity contribution in [3.8, 4) is 0 Å². The van der Waals surface area contributed by atoms with Crippen molar-refractivity contribution < 1.29 is 0 Å². The molecule has 0 amide bonds. The molecule has 18 heavy (non-hydrogen) atoms. The highest BCUT2D eigenvalue weighted by atomic mass is 32.1. The number of rotatable bonds is 6. The molecule has 0 fully saturated rings. The second-order valence-electron chi connectivity index (χ2n) is 5.08. The van der Waals surface area contributed by atoms with Crippen molar-refractivity contribution in [1.82, 2.24) is 9.38 Å². The van der Waals surface area contributed by atoms with Gasteiger partial charge < -0.3 is 10.6 Å². The first-order valence-electron chi connectivity index (χ1n) is 6.49. The molecule has 0 saturated heterocycles. The maximum absolute atomic E-state index is 5.71. The molecule has 0 spiro atoms. The van der Waals surface area contributed by atoms with E-state index in [4.69, 9.17) is 10.7 Å². The summed E-state index contributed by atoms with van der Waals surface area (Å²) in [6.07, 6.45) is 4.14. The maximum Gasteiger partial charge on any atom is 0.195 e. The Morgan fingerprint density at radius 1 is 1.50 bits per heavy atom. The molecule has 0 aliphatic rings. The van der Waals surface area contributed by atoms with Crippen molar-refractivity contribution in [2.45, 2.75) is 26.7 Å². The van der Waals surface area contributed by atoms with Crippen LogP contribution in [-0.2, 0) is 6.42 Å². The van der Waals surface area contributed by atoms with Crippen LogP contribution in [0.3, 0.4) is 0 Å². The Kier molecular flexibility index (Phi) is 4.24. The smallest absolute Gasteiger partial charge is 0.195 e. The summed E-state index contributed by atoms with van der Waals surface area (Å²) in [6, 6.07) is 0. The quantitative estimate of drug-likeness (QED) is 0.873. The molecule has 2 N–H and O–H groups in total. The molecular weight excluding hydrogens is 244 g/mol. The van der Waals surface area contributed by atoms with E-state index in [2.05, 4.69) is 41.8 Å². The molecule has 0 unspecified atom stereocenters. The fraction of sp³-hybridized carbons (Fsp3) is 0.615. The average molecular weight is 266 g/mol. The van der Waals surface area contributed by atoms with Gasteiger partial charge in [-0.25, -0.2) is 4.98 Å². The molecule has 0 aliphatic heterocycles. The number of anilines is 1. The fourth-order valence-electron chi connectivity index (χ4n) is 2.05. The Morgan fingerprint density at radius 3 is 2.94 bits per heavy atom. The van der Waals surface area contributed by atoms with E-state index >= 15 is 0 Å². The van der Waals surface area contributed by atoms with E-state index in [0.29, 0.717) is 12.5 Å². The first-order valence-corrected chi connectivity index (χ1v) is 7.37. The highest BCUT2D eigenvalue weighted by Gasteiger charge is 2.15. The number of nitrogens with zero attached hydrogens (tertiary/aromatic N) is 3. The number of aromatic nitrogens is 2.